The molecule has 1 aliphatic heterocycles. The summed E-state index contributed by atoms with van der Waals surface area (Å²) in [5, 5.41) is 4.60. The summed E-state index contributed by atoms with van der Waals surface area (Å²) >= 11 is 1.80. The van der Waals surface area contributed by atoms with Gasteiger partial charge in [0.05, 0.1) is 16.3 Å². The van der Waals surface area contributed by atoms with E-state index in [1.54, 1.807) is 11.3 Å². The second-order valence-corrected chi connectivity index (χ2v) is 6.55. The molecule has 5 heteroatoms. The Morgan fingerprint density at radius 3 is 2.59 bits per heavy atom. The van der Waals surface area contributed by atoms with Gasteiger partial charge in [0.2, 0.25) is 0 Å². The van der Waals surface area contributed by atoms with Crippen molar-refractivity contribution in [3.05, 3.63) is 59.4 Å². The third-order valence-corrected chi connectivity index (χ3v) is 5.17. The quantitative estimate of drug-likeness (QED) is 0.807. The summed E-state index contributed by atoms with van der Waals surface area (Å²) < 4.78 is 1.26. The number of para-hydroxylation sites is 1. The Balaban J connectivity index is 1.78. The predicted octanol–water partition coefficient (Wildman–Crippen LogP) is 2.69. The lowest BCUT2D eigenvalue weighted by Gasteiger charge is -2.34. The Morgan fingerprint density at radius 1 is 1.05 bits per heavy atom. The van der Waals surface area contributed by atoms with Gasteiger partial charge in [0.25, 0.3) is 0 Å². The molecule has 1 saturated heterocycles. The van der Waals surface area contributed by atoms with E-state index < -0.39 is 0 Å². The fourth-order valence-electron chi connectivity index (χ4n) is 3.00. The van der Waals surface area contributed by atoms with Gasteiger partial charge < -0.3 is 5.32 Å². The van der Waals surface area contributed by atoms with Gasteiger partial charge in [-0.3, -0.25) is 9.88 Å². The summed E-state index contributed by atoms with van der Waals surface area (Å²) in [4.78, 5) is 11.6. The van der Waals surface area contributed by atoms with Crippen LogP contribution in [0.15, 0.2) is 48.8 Å². The van der Waals surface area contributed by atoms with Crippen LogP contribution in [-0.2, 0) is 0 Å². The lowest BCUT2D eigenvalue weighted by Crippen LogP contribution is -2.45. The number of benzene rings is 1. The van der Waals surface area contributed by atoms with Gasteiger partial charge in [-0.25, -0.2) is 4.98 Å². The molecule has 112 valence electrons. The summed E-state index contributed by atoms with van der Waals surface area (Å²) in [6, 6.07) is 12.8. The zero-order chi connectivity index (χ0) is 14.8. The zero-order valence-corrected chi connectivity index (χ0v) is 13.1. The molecule has 0 bridgehead atoms. The molecular weight excluding hydrogens is 292 g/mol. The van der Waals surface area contributed by atoms with E-state index >= 15 is 0 Å². The molecule has 0 radical (unpaired) electrons. The maximum Gasteiger partial charge on any atom is 0.116 e. The van der Waals surface area contributed by atoms with E-state index in [2.05, 4.69) is 51.6 Å². The smallest absolute Gasteiger partial charge is 0.116 e. The van der Waals surface area contributed by atoms with Crippen LogP contribution in [0.25, 0.3) is 10.2 Å². The topological polar surface area (TPSA) is 41.1 Å². The van der Waals surface area contributed by atoms with Crippen LogP contribution in [0.5, 0.6) is 0 Å². The minimum atomic E-state index is 0.225. The maximum atomic E-state index is 4.90. The lowest BCUT2D eigenvalue weighted by molar-refractivity contribution is 0.198. The monoisotopic (exact) mass is 310 g/mol. The number of hydrogen-bond acceptors (Lipinski definition) is 5. The van der Waals surface area contributed by atoms with E-state index in [0.717, 1.165) is 31.7 Å². The first-order valence-corrected chi connectivity index (χ1v) is 8.43. The van der Waals surface area contributed by atoms with Crippen molar-refractivity contribution in [1.29, 1.82) is 0 Å². The maximum absolute atomic E-state index is 4.90. The largest absolute Gasteiger partial charge is 0.314 e. The van der Waals surface area contributed by atoms with Crippen LogP contribution in [0.4, 0.5) is 0 Å². The molecule has 0 spiro atoms. The fraction of sp³-hybridized carbons (Fsp3) is 0.294. The molecule has 0 amide bonds. The minimum absolute atomic E-state index is 0.225. The molecule has 1 aliphatic rings. The van der Waals surface area contributed by atoms with Crippen LogP contribution in [0.2, 0.25) is 0 Å². The fourth-order valence-corrected chi connectivity index (χ4v) is 4.13. The van der Waals surface area contributed by atoms with Gasteiger partial charge in [-0.2, -0.15) is 0 Å². The van der Waals surface area contributed by atoms with E-state index in [0.29, 0.717) is 0 Å². The highest BCUT2D eigenvalue weighted by molar-refractivity contribution is 7.18. The number of thiazole rings is 1. The Hall–Kier alpha value is -1.82. The highest BCUT2D eigenvalue weighted by Gasteiger charge is 2.26. The number of nitrogens with one attached hydrogen (secondary N) is 1. The number of fused-ring (bicyclic) bond motifs is 1. The van der Waals surface area contributed by atoms with Crippen LogP contribution in [0.3, 0.4) is 0 Å². The van der Waals surface area contributed by atoms with Gasteiger partial charge in [-0.1, -0.05) is 12.1 Å². The molecule has 4 nitrogen and oxygen atoms in total. The molecule has 1 aromatic carbocycles. The van der Waals surface area contributed by atoms with Crippen molar-refractivity contribution in [2.75, 3.05) is 26.2 Å². The average Bonchev–Trinajstić information content (AvgIpc) is 3.00. The summed E-state index contributed by atoms with van der Waals surface area (Å²) in [7, 11) is 0. The third kappa shape index (κ3) is 2.63. The second kappa shape index (κ2) is 6.12. The number of aromatic nitrogens is 2. The number of piperazine rings is 1. The Morgan fingerprint density at radius 2 is 1.82 bits per heavy atom. The van der Waals surface area contributed by atoms with Crippen molar-refractivity contribution in [2.45, 2.75) is 6.04 Å². The second-order valence-electron chi connectivity index (χ2n) is 5.49. The van der Waals surface area contributed by atoms with Gasteiger partial charge in [0, 0.05) is 38.6 Å². The predicted molar refractivity (Wildman–Crippen MR) is 90.1 cm³/mol. The molecule has 3 heterocycles. The normalized spacial score (nSPS) is 17.6. The van der Waals surface area contributed by atoms with E-state index in [4.69, 9.17) is 4.98 Å². The van der Waals surface area contributed by atoms with Crippen molar-refractivity contribution >= 4 is 21.6 Å². The van der Waals surface area contributed by atoms with Gasteiger partial charge >= 0.3 is 0 Å². The molecule has 1 unspecified atom stereocenters. The molecule has 2 aromatic heterocycles. The van der Waals surface area contributed by atoms with Gasteiger partial charge in [0.15, 0.2) is 0 Å². The van der Waals surface area contributed by atoms with Crippen LogP contribution in [-0.4, -0.2) is 41.0 Å². The standard InChI is InChI=1S/C17H18N4S/c1-2-4-15-14(3-1)20-17(22-15)16(13-5-7-18-8-6-13)21-11-9-19-10-12-21/h1-8,16,19H,9-12H2. The number of pyridine rings is 1. The summed E-state index contributed by atoms with van der Waals surface area (Å²) in [6.45, 7) is 4.16. The molecule has 0 aliphatic carbocycles. The van der Waals surface area contributed by atoms with Crippen molar-refractivity contribution in [2.24, 2.45) is 0 Å². The van der Waals surface area contributed by atoms with Crippen LogP contribution in [0.1, 0.15) is 16.6 Å². The Bertz CT molecular complexity index is 716. The molecule has 3 aromatic rings. The van der Waals surface area contributed by atoms with Crippen LogP contribution >= 0.6 is 11.3 Å². The van der Waals surface area contributed by atoms with E-state index in [9.17, 15) is 0 Å². The van der Waals surface area contributed by atoms with Gasteiger partial charge in [0.1, 0.15) is 5.01 Å². The highest BCUT2D eigenvalue weighted by Crippen LogP contribution is 2.34. The summed E-state index contributed by atoms with van der Waals surface area (Å²) in [5.74, 6) is 0. The minimum Gasteiger partial charge on any atom is -0.314 e. The van der Waals surface area contributed by atoms with Crippen molar-refractivity contribution in [3.8, 4) is 0 Å². The van der Waals surface area contributed by atoms with Gasteiger partial charge in [-0.15, -0.1) is 11.3 Å². The van der Waals surface area contributed by atoms with Crippen molar-refractivity contribution < 1.29 is 0 Å². The molecule has 4 rings (SSSR count). The zero-order valence-electron chi connectivity index (χ0n) is 12.3. The first kappa shape index (κ1) is 13.8. The first-order chi connectivity index (χ1) is 10.9. The molecule has 22 heavy (non-hydrogen) atoms. The molecular formula is C17H18N4S. The van der Waals surface area contributed by atoms with E-state index in [-0.39, 0.29) is 6.04 Å². The highest BCUT2D eigenvalue weighted by atomic mass is 32.1. The number of nitrogens with zero attached hydrogens (tertiary/aromatic N) is 3. The van der Waals surface area contributed by atoms with Gasteiger partial charge in [-0.05, 0) is 29.8 Å². The van der Waals surface area contributed by atoms with E-state index in [1.807, 2.05) is 12.4 Å². The van der Waals surface area contributed by atoms with Crippen molar-refractivity contribution in [3.63, 3.8) is 0 Å². The van der Waals surface area contributed by atoms with E-state index in [1.165, 1.54) is 15.3 Å². The lowest BCUT2D eigenvalue weighted by atomic mass is 10.1. The SMILES string of the molecule is c1ccc2sc(C(c3ccncc3)N3CCNCC3)nc2c1. The summed E-state index contributed by atoms with van der Waals surface area (Å²) in [5.41, 5.74) is 2.37. The number of hydrogen-bond donors (Lipinski definition) is 1. The van der Waals surface area contributed by atoms with Crippen LogP contribution < -0.4 is 5.32 Å². The Labute approximate surface area is 133 Å². The molecule has 1 N–H and O–H groups in total. The average molecular weight is 310 g/mol. The van der Waals surface area contributed by atoms with Crippen molar-refractivity contribution in [1.82, 2.24) is 20.2 Å². The Kier molecular flexibility index (Phi) is 3.84. The molecule has 1 fully saturated rings. The first-order valence-electron chi connectivity index (χ1n) is 7.62. The number of rotatable bonds is 3. The summed E-state index contributed by atoms with van der Waals surface area (Å²) in [6.07, 6.45) is 3.75. The van der Waals surface area contributed by atoms with Crippen LogP contribution in [0, 0.1) is 0 Å². The molecule has 1 atom stereocenters. The molecule has 0 saturated carbocycles. The third-order valence-electron chi connectivity index (χ3n) is 4.08.